The normalized spacial score (nSPS) is 10.7. The van der Waals surface area contributed by atoms with E-state index >= 15 is 0 Å². The Morgan fingerprint density at radius 1 is 1.05 bits per heavy atom. The molecule has 0 aliphatic heterocycles. The number of carboxylic acids is 1. The first-order chi connectivity index (χ1) is 9.68. The van der Waals surface area contributed by atoms with Crippen LogP contribution >= 0.6 is 0 Å². The number of rotatable bonds is 2. The van der Waals surface area contributed by atoms with Crippen molar-refractivity contribution in [3.05, 3.63) is 59.9 Å². The maximum Gasteiger partial charge on any atom is 0.337 e. The summed E-state index contributed by atoms with van der Waals surface area (Å²) < 4.78 is 0. The molecule has 1 N–H and O–H groups in total. The largest absolute Gasteiger partial charge is 0.478 e. The van der Waals surface area contributed by atoms with Gasteiger partial charge in [-0.15, -0.1) is 0 Å². The first kappa shape index (κ1) is 12.3. The van der Waals surface area contributed by atoms with Gasteiger partial charge < -0.3 is 5.11 Å². The molecule has 0 fully saturated rings. The van der Waals surface area contributed by atoms with Crippen molar-refractivity contribution in [2.75, 3.05) is 0 Å². The number of aryl methyl sites for hydroxylation is 1. The van der Waals surface area contributed by atoms with Crippen molar-refractivity contribution in [3.63, 3.8) is 0 Å². The van der Waals surface area contributed by atoms with Crippen molar-refractivity contribution in [1.29, 1.82) is 0 Å². The van der Waals surface area contributed by atoms with E-state index in [2.05, 4.69) is 9.97 Å². The summed E-state index contributed by atoms with van der Waals surface area (Å²) in [5, 5.41) is 10.2. The molecule has 0 saturated carbocycles. The van der Waals surface area contributed by atoms with Crippen LogP contribution in [0.2, 0.25) is 0 Å². The molecular weight excluding hydrogens is 252 g/mol. The maximum absolute atomic E-state index is 11.4. The van der Waals surface area contributed by atoms with Crippen molar-refractivity contribution in [1.82, 2.24) is 9.97 Å². The lowest BCUT2D eigenvalue weighted by atomic mass is 9.96. The number of aromatic nitrogens is 2. The highest BCUT2D eigenvalue weighted by Crippen LogP contribution is 2.31. The third kappa shape index (κ3) is 1.91. The van der Waals surface area contributed by atoms with Crippen LogP contribution in [-0.2, 0) is 0 Å². The van der Waals surface area contributed by atoms with E-state index in [1.165, 1.54) is 0 Å². The average molecular weight is 264 g/mol. The third-order valence-corrected chi connectivity index (χ3v) is 3.27. The van der Waals surface area contributed by atoms with Crippen LogP contribution in [0.4, 0.5) is 0 Å². The second-order valence-corrected chi connectivity index (χ2v) is 4.53. The topological polar surface area (TPSA) is 63.1 Å². The van der Waals surface area contributed by atoms with Gasteiger partial charge in [0.1, 0.15) is 0 Å². The van der Waals surface area contributed by atoms with E-state index in [-0.39, 0.29) is 5.56 Å². The summed E-state index contributed by atoms with van der Waals surface area (Å²) >= 11 is 0. The number of hydrogen-bond donors (Lipinski definition) is 1. The Bertz CT molecular complexity index is 812. The van der Waals surface area contributed by atoms with Gasteiger partial charge in [0, 0.05) is 23.3 Å². The van der Waals surface area contributed by atoms with Crippen molar-refractivity contribution in [2.24, 2.45) is 0 Å². The Balaban J connectivity index is 2.41. The van der Waals surface area contributed by atoms with Crippen LogP contribution in [0.25, 0.3) is 22.2 Å². The van der Waals surface area contributed by atoms with Gasteiger partial charge in [0.15, 0.2) is 0 Å². The number of carboxylic acid groups (broad SMARTS) is 1. The standard InChI is InChI=1S/C16H12N2O2/c1-10-6-7-13-11(4-2-8-17-13)14(10)15-12(16(19)20)5-3-9-18-15/h2-9H,1H3,(H,19,20). The summed E-state index contributed by atoms with van der Waals surface area (Å²) in [5.41, 5.74) is 3.32. The predicted molar refractivity (Wildman–Crippen MR) is 76.7 cm³/mol. The monoisotopic (exact) mass is 264 g/mol. The van der Waals surface area contributed by atoms with Gasteiger partial charge in [-0.1, -0.05) is 12.1 Å². The molecule has 0 bridgehead atoms. The SMILES string of the molecule is Cc1ccc2ncccc2c1-c1ncccc1C(=O)O. The molecule has 0 atom stereocenters. The van der Waals surface area contributed by atoms with E-state index in [1.807, 2.05) is 31.2 Å². The van der Waals surface area contributed by atoms with Crippen molar-refractivity contribution in [2.45, 2.75) is 6.92 Å². The maximum atomic E-state index is 11.4. The smallest absolute Gasteiger partial charge is 0.337 e. The zero-order valence-electron chi connectivity index (χ0n) is 10.9. The van der Waals surface area contributed by atoms with E-state index in [9.17, 15) is 9.90 Å². The average Bonchev–Trinajstić information content (AvgIpc) is 2.47. The highest BCUT2D eigenvalue weighted by molar-refractivity contribution is 6.02. The van der Waals surface area contributed by atoms with Crippen molar-refractivity contribution >= 4 is 16.9 Å². The molecule has 2 aromatic heterocycles. The minimum atomic E-state index is -0.978. The Morgan fingerprint density at radius 2 is 1.80 bits per heavy atom. The van der Waals surface area contributed by atoms with Gasteiger partial charge in [-0.25, -0.2) is 4.79 Å². The second-order valence-electron chi connectivity index (χ2n) is 4.53. The Labute approximate surface area is 115 Å². The van der Waals surface area contributed by atoms with E-state index in [0.29, 0.717) is 5.69 Å². The summed E-state index contributed by atoms with van der Waals surface area (Å²) in [5.74, 6) is -0.978. The molecular formula is C16H12N2O2. The molecule has 3 rings (SSSR count). The number of hydrogen-bond acceptors (Lipinski definition) is 3. The van der Waals surface area contributed by atoms with Gasteiger partial charge in [-0.3, -0.25) is 9.97 Å². The van der Waals surface area contributed by atoms with E-state index < -0.39 is 5.97 Å². The van der Waals surface area contributed by atoms with Crippen LogP contribution in [0.15, 0.2) is 48.8 Å². The molecule has 4 nitrogen and oxygen atoms in total. The summed E-state index contributed by atoms with van der Waals surface area (Å²) in [7, 11) is 0. The number of carbonyl (C=O) groups is 1. The highest BCUT2D eigenvalue weighted by Gasteiger charge is 2.16. The Hall–Kier alpha value is -2.75. The van der Waals surface area contributed by atoms with E-state index in [0.717, 1.165) is 22.0 Å². The van der Waals surface area contributed by atoms with Crippen LogP contribution in [-0.4, -0.2) is 21.0 Å². The lowest BCUT2D eigenvalue weighted by Gasteiger charge is -2.11. The number of fused-ring (bicyclic) bond motifs is 1. The molecule has 0 aliphatic carbocycles. The molecule has 0 saturated heterocycles. The second kappa shape index (κ2) is 4.74. The fourth-order valence-electron chi connectivity index (χ4n) is 2.35. The van der Waals surface area contributed by atoms with E-state index in [4.69, 9.17) is 0 Å². The zero-order chi connectivity index (χ0) is 14.1. The minimum Gasteiger partial charge on any atom is -0.478 e. The molecule has 0 aliphatic rings. The van der Waals surface area contributed by atoms with Gasteiger partial charge in [-0.05, 0) is 36.8 Å². The van der Waals surface area contributed by atoms with Gasteiger partial charge in [-0.2, -0.15) is 0 Å². The predicted octanol–water partition coefficient (Wildman–Crippen LogP) is 3.30. The molecule has 3 aromatic rings. The first-order valence-electron chi connectivity index (χ1n) is 6.21. The minimum absolute atomic E-state index is 0.201. The molecule has 20 heavy (non-hydrogen) atoms. The first-order valence-corrected chi connectivity index (χ1v) is 6.21. The number of aromatic carboxylic acids is 1. The van der Waals surface area contributed by atoms with Gasteiger partial charge in [0.05, 0.1) is 16.8 Å². The van der Waals surface area contributed by atoms with Crippen LogP contribution in [0.1, 0.15) is 15.9 Å². The number of nitrogens with zero attached hydrogens (tertiary/aromatic N) is 2. The molecule has 0 spiro atoms. The Morgan fingerprint density at radius 3 is 2.60 bits per heavy atom. The Kier molecular flexibility index (Phi) is 2.91. The van der Waals surface area contributed by atoms with Gasteiger partial charge >= 0.3 is 5.97 Å². The lowest BCUT2D eigenvalue weighted by molar-refractivity contribution is 0.0697. The van der Waals surface area contributed by atoms with Gasteiger partial charge in [0.2, 0.25) is 0 Å². The number of pyridine rings is 2. The summed E-state index contributed by atoms with van der Waals surface area (Å²) in [4.78, 5) is 20.0. The summed E-state index contributed by atoms with van der Waals surface area (Å²) in [6.07, 6.45) is 3.33. The fourth-order valence-corrected chi connectivity index (χ4v) is 2.35. The van der Waals surface area contributed by atoms with Crippen LogP contribution in [0.5, 0.6) is 0 Å². The van der Waals surface area contributed by atoms with Gasteiger partial charge in [0.25, 0.3) is 0 Å². The summed E-state index contributed by atoms with van der Waals surface area (Å²) in [6.45, 7) is 1.95. The quantitative estimate of drug-likeness (QED) is 0.771. The van der Waals surface area contributed by atoms with Crippen molar-refractivity contribution in [3.8, 4) is 11.3 Å². The lowest BCUT2D eigenvalue weighted by Crippen LogP contribution is -2.02. The molecule has 98 valence electrons. The zero-order valence-corrected chi connectivity index (χ0v) is 10.9. The highest BCUT2D eigenvalue weighted by atomic mass is 16.4. The molecule has 4 heteroatoms. The van der Waals surface area contributed by atoms with Crippen LogP contribution < -0.4 is 0 Å². The molecule has 0 radical (unpaired) electrons. The number of benzene rings is 1. The third-order valence-electron chi connectivity index (χ3n) is 3.27. The molecule has 2 heterocycles. The molecule has 0 amide bonds. The molecule has 0 unspecified atom stereocenters. The molecule has 1 aromatic carbocycles. The van der Waals surface area contributed by atoms with Crippen LogP contribution in [0.3, 0.4) is 0 Å². The fraction of sp³-hybridized carbons (Fsp3) is 0.0625. The van der Waals surface area contributed by atoms with Crippen molar-refractivity contribution < 1.29 is 9.90 Å². The van der Waals surface area contributed by atoms with E-state index in [1.54, 1.807) is 24.5 Å². The summed E-state index contributed by atoms with van der Waals surface area (Å²) in [6, 6.07) is 10.8. The van der Waals surface area contributed by atoms with Crippen LogP contribution in [0, 0.1) is 6.92 Å².